The molecule has 2 heterocycles. The summed E-state index contributed by atoms with van der Waals surface area (Å²) in [6.45, 7) is 0.265. The van der Waals surface area contributed by atoms with Gasteiger partial charge in [-0.25, -0.2) is 9.80 Å². The van der Waals surface area contributed by atoms with Gasteiger partial charge in [-0.15, -0.1) is 0 Å². The molecular formula is C19H24N4O6. The van der Waals surface area contributed by atoms with Crippen LogP contribution in [0.3, 0.4) is 0 Å². The molecule has 0 atom stereocenters. The molecule has 2 N–H and O–H groups in total. The van der Waals surface area contributed by atoms with Crippen LogP contribution >= 0.6 is 0 Å². The van der Waals surface area contributed by atoms with Gasteiger partial charge in [0.25, 0.3) is 0 Å². The molecule has 1 aromatic carbocycles. The number of ether oxygens (including phenoxy) is 5. The molecule has 10 nitrogen and oxygen atoms in total. The molecule has 0 spiro atoms. The summed E-state index contributed by atoms with van der Waals surface area (Å²) >= 11 is 0. The first-order valence-electron chi connectivity index (χ1n) is 8.70. The number of nitrogens with zero attached hydrogens (tertiary/aromatic N) is 2. The fourth-order valence-electron chi connectivity index (χ4n) is 2.96. The lowest BCUT2D eigenvalue weighted by molar-refractivity contribution is 0.167. The van der Waals surface area contributed by atoms with Crippen LogP contribution in [-0.2, 0) is 16.1 Å². The van der Waals surface area contributed by atoms with Crippen molar-refractivity contribution in [3.05, 3.63) is 53.6 Å². The number of allylic oxidation sites excluding steroid dienone is 1. The summed E-state index contributed by atoms with van der Waals surface area (Å²) in [5.74, 6) is 3.48. The second kappa shape index (κ2) is 8.55. The predicted molar refractivity (Wildman–Crippen MR) is 103 cm³/mol. The van der Waals surface area contributed by atoms with Gasteiger partial charge in [-0.2, -0.15) is 0 Å². The fraction of sp³-hybridized carbons (Fsp3) is 0.316. The molecule has 0 fully saturated rings. The summed E-state index contributed by atoms with van der Waals surface area (Å²) in [6, 6.07) is 3.66. The number of amides is 1. The first-order valence-corrected chi connectivity index (χ1v) is 8.70. The highest BCUT2D eigenvalue weighted by molar-refractivity contribution is 5.69. The van der Waals surface area contributed by atoms with Crippen LogP contribution in [-0.4, -0.2) is 51.5 Å². The lowest BCUT2D eigenvalue weighted by Crippen LogP contribution is -2.35. The van der Waals surface area contributed by atoms with E-state index in [0.29, 0.717) is 34.6 Å². The first kappa shape index (κ1) is 20.1. The lowest BCUT2D eigenvalue weighted by Gasteiger charge is -2.27. The van der Waals surface area contributed by atoms with E-state index in [1.54, 1.807) is 56.8 Å². The van der Waals surface area contributed by atoms with Gasteiger partial charge >= 0.3 is 6.09 Å². The normalized spacial score (nSPS) is 14.7. The van der Waals surface area contributed by atoms with E-state index in [0.717, 1.165) is 5.56 Å². The Bertz CT molecular complexity index is 854. The molecule has 1 aromatic rings. The number of fused-ring (bicyclic) bond motifs is 1. The number of benzene rings is 1. The molecule has 2 aliphatic heterocycles. The maximum absolute atomic E-state index is 11.5. The van der Waals surface area contributed by atoms with E-state index in [9.17, 15) is 4.79 Å². The Morgan fingerprint density at radius 3 is 2.38 bits per heavy atom. The van der Waals surface area contributed by atoms with Crippen molar-refractivity contribution in [2.45, 2.75) is 6.61 Å². The van der Waals surface area contributed by atoms with Crippen molar-refractivity contribution >= 4 is 6.09 Å². The number of hydrogen-bond acceptors (Lipinski definition) is 9. The van der Waals surface area contributed by atoms with Crippen molar-refractivity contribution in [2.24, 2.45) is 0 Å². The standard InChI is InChI=1S/C19H24N4O6/c1-22-16(21-19(24)28-5)10-23-18(22)13(6-7-20-23)29-11-12-8-14(25-2)17(27-4)15(9-12)26-3/h6-10,20H,11H2,1-5H3,(H,21,24). The van der Waals surface area contributed by atoms with E-state index in [1.165, 1.54) is 7.11 Å². The number of nitrogens with one attached hydrogen (secondary N) is 2. The predicted octanol–water partition coefficient (Wildman–Crippen LogP) is 1.83. The lowest BCUT2D eigenvalue weighted by atomic mass is 10.2. The molecule has 10 heteroatoms. The molecule has 0 saturated heterocycles. The number of rotatable bonds is 7. The van der Waals surface area contributed by atoms with Gasteiger partial charge < -0.3 is 28.6 Å². The monoisotopic (exact) mass is 404 g/mol. The van der Waals surface area contributed by atoms with Crippen LogP contribution in [0.1, 0.15) is 5.56 Å². The number of methoxy groups -OCH3 is 4. The van der Waals surface area contributed by atoms with Crippen LogP contribution in [0.25, 0.3) is 0 Å². The molecular weight excluding hydrogens is 380 g/mol. The highest BCUT2D eigenvalue weighted by Crippen LogP contribution is 2.38. The zero-order chi connectivity index (χ0) is 21.0. The molecule has 29 heavy (non-hydrogen) atoms. The van der Waals surface area contributed by atoms with Gasteiger partial charge in [0.15, 0.2) is 23.1 Å². The minimum absolute atomic E-state index is 0.265. The summed E-state index contributed by atoms with van der Waals surface area (Å²) < 4.78 is 26.8. The first-order chi connectivity index (χ1) is 14.0. The third kappa shape index (κ3) is 3.96. The summed E-state index contributed by atoms with van der Waals surface area (Å²) in [6.07, 6.45) is 4.70. The highest BCUT2D eigenvalue weighted by atomic mass is 16.5. The van der Waals surface area contributed by atoms with Crippen molar-refractivity contribution in [1.29, 1.82) is 0 Å². The maximum atomic E-state index is 11.5. The van der Waals surface area contributed by atoms with E-state index in [-0.39, 0.29) is 6.61 Å². The Morgan fingerprint density at radius 1 is 1.10 bits per heavy atom. The second-order valence-corrected chi connectivity index (χ2v) is 6.03. The quantitative estimate of drug-likeness (QED) is 0.706. The van der Waals surface area contributed by atoms with Gasteiger partial charge in [-0.3, -0.25) is 10.7 Å². The van der Waals surface area contributed by atoms with Crippen LogP contribution in [0.5, 0.6) is 17.2 Å². The summed E-state index contributed by atoms with van der Waals surface area (Å²) in [5, 5.41) is 4.38. The number of carbonyl (C=O) groups excluding carboxylic acids is 1. The van der Waals surface area contributed by atoms with Crippen molar-refractivity contribution in [1.82, 2.24) is 20.7 Å². The fourth-order valence-corrected chi connectivity index (χ4v) is 2.96. The molecule has 0 radical (unpaired) electrons. The van der Waals surface area contributed by atoms with E-state index in [4.69, 9.17) is 18.9 Å². The summed E-state index contributed by atoms with van der Waals surface area (Å²) in [5.41, 5.74) is 3.90. The summed E-state index contributed by atoms with van der Waals surface area (Å²) in [7, 11) is 7.80. The van der Waals surface area contributed by atoms with E-state index in [2.05, 4.69) is 15.5 Å². The minimum atomic E-state index is -0.559. The van der Waals surface area contributed by atoms with Crippen LogP contribution in [0.2, 0.25) is 0 Å². The van der Waals surface area contributed by atoms with Gasteiger partial charge in [0.2, 0.25) is 5.75 Å². The molecule has 0 bridgehead atoms. The number of carbonyl (C=O) groups is 1. The molecule has 0 aromatic heterocycles. The van der Waals surface area contributed by atoms with Crippen LogP contribution in [0, 0.1) is 0 Å². The Balaban J connectivity index is 1.80. The van der Waals surface area contributed by atoms with Gasteiger partial charge in [0, 0.05) is 19.3 Å². The Kier molecular flexibility index (Phi) is 5.91. The largest absolute Gasteiger partial charge is 0.493 e. The van der Waals surface area contributed by atoms with E-state index < -0.39 is 6.09 Å². The van der Waals surface area contributed by atoms with Gasteiger partial charge in [0.05, 0.1) is 34.6 Å². The number of alkyl carbamates (subject to hydrolysis) is 1. The average Bonchev–Trinajstić information content (AvgIpc) is 3.06. The average molecular weight is 404 g/mol. The smallest absolute Gasteiger partial charge is 0.412 e. The van der Waals surface area contributed by atoms with Crippen molar-refractivity contribution in [3.8, 4) is 17.2 Å². The van der Waals surface area contributed by atoms with Gasteiger partial charge in [-0.05, 0) is 17.7 Å². The third-order valence-corrected chi connectivity index (χ3v) is 4.36. The van der Waals surface area contributed by atoms with Crippen LogP contribution in [0.15, 0.2) is 48.0 Å². The van der Waals surface area contributed by atoms with Crippen molar-refractivity contribution in [2.75, 3.05) is 35.5 Å². The van der Waals surface area contributed by atoms with Crippen LogP contribution < -0.4 is 25.0 Å². The molecule has 0 unspecified atom stereocenters. The second-order valence-electron chi connectivity index (χ2n) is 6.03. The summed E-state index contributed by atoms with van der Waals surface area (Å²) in [4.78, 5) is 13.3. The van der Waals surface area contributed by atoms with Crippen LogP contribution in [0.4, 0.5) is 4.79 Å². The van der Waals surface area contributed by atoms with Crippen molar-refractivity contribution in [3.63, 3.8) is 0 Å². The number of hydrogen-bond donors (Lipinski definition) is 2. The van der Waals surface area contributed by atoms with Gasteiger partial charge in [-0.1, -0.05) is 0 Å². The Labute approximate surface area is 168 Å². The molecule has 2 aliphatic rings. The number of hydrazine groups is 1. The van der Waals surface area contributed by atoms with E-state index >= 15 is 0 Å². The topological polar surface area (TPSA) is 93.8 Å². The Morgan fingerprint density at radius 2 is 1.79 bits per heavy atom. The maximum Gasteiger partial charge on any atom is 0.412 e. The van der Waals surface area contributed by atoms with E-state index in [1.807, 2.05) is 12.1 Å². The molecule has 0 aliphatic carbocycles. The molecule has 156 valence electrons. The minimum Gasteiger partial charge on any atom is -0.493 e. The SMILES string of the molecule is COC(=O)NC1=CN2NC=CC(OCc3cc(OC)c(OC)c(OC)c3)=C2N1C. The highest BCUT2D eigenvalue weighted by Gasteiger charge is 2.30. The molecule has 0 saturated carbocycles. The zero-order valence-corrected chi connectivity index (χ0v) is 16.9. The third-order valence-electron chi connectivity index (χ3n) is 4.36. The molecule has 3 rings (SSSR count). The molecule has 1 amide bonds. The van der Waals surface area contributed by atoms with Gasteiger partial charge in [0.1, 0.15) is 12.4 Å². The van der Waals surface area contributed by atoms with Crippen molar-refractivity contribution < 1.29 is 28.5 Å². The Hall–Kier alpha value is -3.69. The zero-order valence-electron chi connectivity index (χ0n) is 16.9.